The van der Waals surface area contributed by atoms with E-state index in [0.717, 1.165) is 0 Å². The fourth-order valence-electron chi connectivity index (χ4n) is 1.18. The van der Waals surface area contributed by atoms with Crippen molar-refractivity contribution >= 4 is 23.3 Å². The van der Waals surface area contributed by atoms with Gasteiger partial charge in [0.1, 0.15) is 0 Å². The standard InChI is InChI=1S/C9H11ClN2O3/c10-4-6-3-5(8(13)9(14)15)1-2-7(6)12-11/h1-3,8,12-13H,4,11H2,(H,14,15). The maximum absolute atomic E-state index is 10.5. The van der Waals surface area contributed by atoms with E-state index in [1.807, 2.05) is 0 Å². The Kier molecular flexibility index (Phi) is 3.90. The van der Waals surface area contributed by atoms with Crippen LogP contribution in [0.1, 0.15) is 17.2 Å². The van der Waals surface area contributed by atoms with E-state index in [9.17, 15) is 9.90 Å². The Morgan fingerprint density at radius 3 is 2.73 bits per heavy atom. The molecule has 1 atom stereocenters. The molecule has 5 nitrogen and oxygen atoms in total. The lowest BCUT2D eigenvalue weighted by molar-refractivity contribution is -0.146. The SMILES string of the molecule is NNc1ccc(C(O)C(=O)O)cc1CCl. The maximum Gasteiger partial charge on any atom is 0.337 e. The largest absolute Gasteiger partial charge is 0.479 e. The van der Waals surface area contributed by atoms with Gasteiger partial charge in [0.15, 0.2) is 6.10 Å². The van der Waals surface area contributed by atoms with Crippen LogP contribution in [0.4, 0.5) is 5.69 Å². The zero-order valence-electron chi connectivity index (χ0n) is 7.77. The van der Waals surface area contributed by atoms with E-state index in [4.69, 9.17) is 22.6 Å². The number of hydrogen-bond donors (Lipinski definition) is 4. The van der Waals surface area contributed by atoms with Crippen LogP contribution in [-0.4, -0.2) is 16.2 Å². The summed E-state index contributed by atoms with van der Waals surface area (Å²) >= 11 is 5.64. The number of hydrogen-bond acceptors (Lipinski definition) is 4. The van der Waals surface area contributed by atoms with Crippen LogP contribution < -0.4 is 11.3 Å². The minimum Gasteiger partial charge on any atom is -0.479 e. The molecule has 5 N–H and O–H groups in total. The molecule has 0 spiro atoms. The third-order valence-corrected chi connectivity index (χ3v) is 2.27. The highest BCUT2D eigenvalue weighted by Gasteiger charge is 2.16. The number of nitrogen functional groups attached to an aromatic ring is 1. The van der Waals surface area contributed by atoms with E-state index in [1.165, 1.54) is 12.1 Å². The van der Waals surface area contributed by atoms with Crippen molar-refractivity contribution in [3.8, 4) is 0 Å². The number of aliphatic carboxylic acids is 1. The smallest absolute Gasteiger partial charge is 0.337 e. The fourth-order valence-corrected chi connectivity index (χ4v) is 1.40. The molecule has 0 heterocycles. The quantitative estimate of drug-likeness (QED) is 0.349. The first-order chi connectivity index (χ1) is 7.10. The number of benzene rings is 1. The molecule has 0 fully saturated rings. The third kappa shape index (κ3) is 2.59. The number of carboxylic acids is 1. The van der Waals surface area contributed by atoms with Crippen molar-refractivity contribution in [3.63, 3.8) is 0 Å². The second kappa shape index (κ2) is 4.97. The number of nitrogens with two attached hydrogens (primary N) is 1. The van der Waals surface area contributed by atoms with Crippen LogP contribution in [0.15, 0.2) is 18.2 Å². The second-order valence-corrected chi connectivity index (χ2v) is 3.20. The number of carbonyl (C=O) groups is 1. The summed E-state index contributed by atoms with van der Waals surface area (Å²) in [6.07, 6.45) is -1.54. The predicted molar refractivity (Wildman–Crippen MR) is 56.4 cm³/mol. The molecule has 1 rings (SSSR count). The summed E-state index contributed by atoms with van der Waals surface area (Å²) in [7, 11) is 0. The molecule has 0 bridgehead atoms. The molecule has 0 amide bonds. The molecule has 0 saturated heterocycles. The summed E-state index contributed by atoms with van der Waals surface area (Å²) in [5.41, 5.74) is 3.94. The van der Waals surface area contributed by atoms with Crippen molar-refractivity contribution < 1.29 is 15.0 Å². The molecular formula is C9H11ClN2O3. The number of carboxylic acid groups (broad SMARTS) is 1. The van der Waals surface area contributed by atoms with Gasteiger partial charge in [-0.05, 0) is 23.3 Å². The maximum atomic E-state index is 10.5. The first-order valence-electron chi connectivity index (χ1n) is 4.16. The lowest BCUT2D eigenvalue weighted by Gasteiger charge is -2.10. The van der Waals surface area contributed by atoms with E-state index in [2.05, 4.69) is 5.43 Å². The van der Waals surface area contributed by atoms with Crippen molar-refractivity contribution in [1.82, 2.24) is 0 Å². The molecule has 0 saturated carbocycles. The molecule has 6 heteroatoms. The van der Waals surface area contributed by atoms with E-state index >= 15 is 0 Å². The van der Waals surface area contributed by atoms with Crippen molar-refractivity contribution in [2.75, 3.05) is 5.43 Å². The number of rotatable bonds is 4. The number of halogens is 1. The van der Waals surface area contributed by atoms with Crippen molar-refractivity contribution in [2.24, 2.45) is 5.84 Å². The number of aliphatic hydroxyl groups is 1. The lowest BCUT2D eigenvalue weighted by Crippen LogP contribution is -2.13. The Hall–Kier alpha value is -1.30. The molecule has 0 aliphatic rings. The van der Waals surface area contributed by atoms with Gasteiger partial charge >= 0.3 is 5.97 Å². The summed E-state index contributed by atoms with van der Waals surface area (Å²) in [5, 5.41) is 17.9. The van der Waals surface area contributed by atoms with Gasteiger partial charge in [-0.25, -0.2) is 4.79 Å². The summed E-state index contributed by atoms with van der Waals surface area (Å²) in [4.78, 5) is 10.5. The number of hydrazine groups is 1. The Morgan fingerprint density at radius 2 is 2.27 bits per heavy atom. The van der Waals surface area contributed by atoms with E-state index in [1.54, 1.807) is 6.07 Å². The molecule has 0 aromatic heterocycles. The second-order valence-electron chi connectivity index (χ2n) is 2.94. The Morgan fingerprint density at radius 1 is 1.60 bits per heavy atom. The normalized spacial score (nSPS) is 12.2. The van der Waals surface area contributed by atoms with Gasteiger partial charge < -0.3 is 15.6 Å². The fraction of sp³-hybridized carbons (Fsp3) is 0.222. The molecule has 1 unspecified atom stereocenters. The molecule has 0 radical (unpaired) electrons. The van der Waals surface area contributed by atoms with Crippen molar-refractivity contribution in [1.29, 1.82) is 0 Å². The van der Waals surface area contributed by atoms with E-state index in [-0.39, 0.29) is 11.4 Å². The summed E-state index contributed by atoms with van der Waals surface area (Å²) < 4.78 is 0. The van der Waals surface area contributed by atoms with E-state index < -0.39 is 12.1 Å². The average molecular weight is 231 g/mol. The molecule has 1 aromatic carbocycles. The highest BCUT2D eigenvalue weighted by molar-refractivity contribution is 6.17. The zero-order chi connectivity index (χ0) is 11.4. The van der Waals surface area contributed by atoms with Gasteiger partial charge in [0.25, 0.3) is 0 Å². The first kappa shape index (κ1) is 11.8. The Bertz CT molecular complexity index is 370. The van der Waals surface area contributed by atoms with Gasteiger partial charge in [0, 0.05) is 5.88 Å². The predicted octanol–water partition coefficient (Wildman–Crippen LogP) is 0.829. The number of anilines is 1. The van der Waals surface area contributed by atoms with E-state index in [0.29, 0.717) is 11.3 Å². The van der Waals surface area contributed by atoms with Crippen LogP contribution in [0.5, 0.6) is 0 Å². The Labute approximate surface area is 91.4 Å². The molecule has 15 heavy (non-hydrogen) atoms. The van der Waals surface area contributed by atoms with Crippen LogP contribution in [0, 0.1) is 0 Å². The third-order valence-electron chi connectivity index (χ3n) is 1.98. The van der Waals surface area contributed by atoms with Gasteiger partial charge in [-0.2, -0.15) is 0 Å². The summed E-state index contributed by atoms with van der Waals surface area (Å²) in [6.45, 7) is 0. The van der Waals surface area contributed by atoms with Crippen molar-refractivity contribution in [2.45, 2.75) is 12.0 Å². The van der Waals surface area contributed by atoms with Crippen molar-refractivity contribution in [3.05, 3.63) is 29.3 Å². The number of alkyl halides is 1. The first-order valence-corrected chi connectivity index (χ1v) is 4.70. The molecular weight excluding hydrogens is 220 g/mol. The molecule has 0 aliphatic carbocycles. The number of nitrogens with one attached hydrogen (secondary N) is 1. The van der Waals surface area contributed by atoms with Gasteiger partial charge in [0.05, 0.1) is 5.69 Å². The summed E-state index contributed by atoms with van der Waals surface area (Å²) in [5.74, 6) is 4.10. The molecule has 82 valence electrons. The average Bonchev–Trinajstić information content (AvgIpc) is 2.26. The summed E-state index contributed by atoms with van der Waals surface area (Å²) in [6, 6.07) is 4.55. The van der Waals surface area contributed by atoms with Gasteiger partial charge in [0.2, 0.25) is 0 Å². The van der Waals surface area contributed by atoms with Crippen LogP contribution in [0.25, 0.3) is 0 Å². The zero-order valence-corrected chi connectivity index (χ0v) is 8.53. The molecule has 1 aromatic rings. The van der Waals surface area contributed by atoms with Crippen LogP contribution in [0.3, 0.4) is 0 Å². The topological polar surface area (TPSA) is 95.6 Å². The monoisotopic (exact) mass is 230 g/mol. The minimum absolute atomic E-state index is 0.180. The Balaban J connectivity index is 3.07. The van der Waals surface area contributed by atoms with Crippen LogP contribution >= 0.6 is 11.6 Å². The van der Waals surface area contributed by atoms with Crippen LogP contribution in [0.2, 0.25) is 0 Å². The lowest BCUT2D eigenvalue weighted by atomic mass is 10.1. The van der Waals surface area contributed by atoms with Crippen LogP contribution in [-0.2, 0) is 10.7 Å². The highest BCUT2D eigenvalue weighted by atomic mass is 35.5. The highest BCUT2D eigenvalue weighted by Crippen LogP contribution is 2.22. The molecule has 0 aliphatic heterocycles. The van der Waals surface area contributed by atoms with Gasteiger partial charge in [-0.15, -0.1) is 11.6 Å². The van der Waals surface area contributed by atoms with Gasteiger partial charge in [-0.3, -0.25) is 5.84 Å². The van der Waals surface area contributed by atoms with Gasteiger partial charge in [-0.1, -0.05) is 6.07 Å². The minimum atomic E-state index is -1.54. The number of aliphatic hydroxyl groups excluding tert-OH is 1.